The number of fused-ring (bicyclic) bond motifs is 2. The molecule has 2 aliphatic rings. The number of pyridine rings is 2. The average molecular weight is 409 g/mol. The van der Waals surface area contributed by atoms with Gasteiger partial charge in [-0.25, -0.2) is 4.79 Å². The summed E-state index contributed by atoms with van der Waals surface area (Å²) in [7, 11) is 0. The molecule has 1 aliphatic heterocycles. The van der Waals surface area contributed by atoms with Gasteiger partial charge in [0.05, 0.1) is 11.7 Å². The standard InChI is InChI=1S/C23H32N6O/c24-23(30)27-10-1-2-13-29(21-9-3-6-17-7-4-12-26-22(17)21)16-19-14-20-18(15-28-19)8-5-11-25-20/h4-5,7-8,11-12,19,21,28H,1-3,6,9-10,13-16H2,(H3,24,27,30)/t19-,21+/m1/s1. The number of nitrogens with two attached hydrogens (primary N) is 1. The van der Waals surface area contributed by atoms with Crippen molar-refractivity contribution in [3.05, 3.63) is 59.2 Å². The van der Waals surface area contributed by atoms with Crippen molar-refractivity contribution in [2.45, 2.75) is 57.2 Å². The van der Waals surface area contributed by atoms with E-state index in [-0.39, 0.29) is 0 Å². The number of aromatic nitrogens is 2. The second-order valence-electron chi connectivity index (χ2n) is 8.34. The maximum Gasteiger partial charge on any atom is 0.312 e. The number of nitrogens with zero attached hydrogens (tertiary/aromatic N) is 3. The largest absolute Gasteiger partial charge is 0.352 e. The predicted octanol–water partition coefficient (Wildman–Crippen LogP) is 2.32. The number of nitrogens with one attached hydrogen (secondary N) is 2. The number of carbonyl (C=O) groups excluding carboxylic acids is 1. The Morgan fingerprint density at radius 1 is 1.20 bits per heavy atom. The molecule has 2 aromatic rings. The van der Waals surface area contributed by atoms with Crippen molar-refractivity contribution in [3.63, 3.8) is 0 Å². The molecule has 0 unspecified atom stereocenters. The van der Waals surface area contributed by atoms with E-state index in [1.807, 2.05) is 24.5 Å². The number of carbonyl (C=O) groups is 1. The fourth-order valence-corrected chi connectivity index (χ4v) is 4.75. The Balaban J connectivity index is 1.45. The monoisotopic (exact) mass is 408 g/mol. The van der Waals surface area contributed by atoms with E-state index in [1.165, 1.54) is 28.9 Å². The number of rotatable bonds is 8. The first-order chi connectivity index (χ1) is 14.7. The maximum atomic E-state index is 10.9. The Labute approximate surface area is 178 Å². The van der Waals surface area contributed by atoms with E-state index in [4.69, 9.17) is 10.7 Å². The van der Waals surface area contributed by atoms with Gasteiger partial charge in [0, 0.05) is 50.2 Å². The minimum atomic E-state index is -0.449. The van der Waals surface area contributed by atoms with Gasteiger partial charge in [0.2, 0.25) is 0 Å². The fourth-order valence-electron chi connectivity index (χ4n) is 4.75. The molecular weight excluding hydrogens is 376 g/mol. The summed E-state index contributed by atoms with van der Waals surface area (Å²) in [4.78, 5) is 22.9. The van der Waals surface area contributed by atoms with Crippen LogP contribution in [0.5, 0.6) is 0 Å². The highest BCUT2D eigenvalue weighted by molar-refractivity contribution is 5.71. The van der Waals surface area contributed by atoms with Gasteiger partial charge in [0.15, 0.2) is 0 Å². The molecule has 0 bridgehead atoms. The molecule has 0 fully saturated rings. The van der Waals surface area contributed by atoms with E-state index < -0.39 is 6.03 Å². The van der Waals surface area contributed by atoms with Gasteiger partial charge in [-0.2, -0.15) is 0 Å². The van der Waals surface area contributed by atoms with E-state index in [0.29, 0.717) is 18.6 Å². The molecule has 7 nitrogen and oxygen atoms in total. The smallest absolute Gasteiger partial charge is 0.312 e. The van der Waals surface area contributed by atoms with E-state index >= 15 is 0 Å². The summed E-state index contributed by atoms with van der Waals surface area (Å²) in [5, 5.41) is 6.40. The third-order valence-electron chi connectivity index (χ3n) is 6.24. The van der Waals surface area contributed by atoms with Crippen LogP contribution in [0.25, 0.3) is 0 Å². The molecule has 0 aromatic carbocycles. The van der Waals surface area contributed by atoms with Gasteiger partial charge in [0.25, 0.3) is 0 Å². The third-order valence-corrected chi connectivity index (χ3v) is 6.24. The summed E-state index contributed by atoms with van der Waals surface area (Å²) >= 11 is 0. The Kier molecular flexibility index (Phi) is 6.92. The fraction of sp³-hybridized carbons (Fsp3) is 0.522. The number of urea groups is 1. The molecule has 2 aromatic heterocycles. The second kappa shape index (κ2) is 10.00. The molecule has 1 aliphatic carbocycles. The molecule has 2 amide bonds. The van der Waals surface area contributed by atoms with Crippen LogP contribution in [0, 0.1) is 0 Å². The number of primary amides is 1. The lowest BCUT2D eigenvalue weighted by molar-refractivity contribution is 0.150. The van der Waals surface area contributed by atoms with Crippen LogP contribution in [0.15, 0.2) is 36.7 Å². The van der Waals surface area contributed by atoms with E-state index in [2.05, 4.69) is 32.7 Å². The van der Waals surface area contributed by atoms with Crippen LogP contribution in [-0.2, 0) is 19.4 Å². The number of amides is 2. The first-order valence-corrected chi connectivity index (χ1v) is 11.1. The highest BCUT2D eigenvalue weighted by Gasteiger charge is 2.29. The Bertz CT molecular complexity index is 857. The average Bonchev–Trinajstić information content (AvgIpc) is 2.77. The number of hydrogen-bond donors (Lipinski definition) is 3. The van der Waals surface area contributed by atoms with Crippen molar-refractivity contribution < 1.29 is 4.79 Å². The van der Waals surface area contributed by atoms with Crippen LogP contribution < -0.4 is 16.4 Å². The molecule has 0 spiro atoms. The van der Waals surface area contributed by atoms with Gasteiger partial charge in [-0.3, -0.25) is 14.9 Å². The second-order valence-corrected chi connectivity index (χ2v) is 8.34. The molecule has 7 heteroatoms. The Morgan fingerprint density at radius 3 is 2.90 bits per heavy atom. The van der Waals surface area contributed by atoms with E-state index in [0.717, 1.165) is 51.7 Å². The lowest BCUT2D eigenvalue weighted by Gasteiger charge is -2.38. The molecule has 4 N–H and O–H groups in total. The third kappa shape index (κ3) is 5.15. The molecule has 2 atom stereocenters. The highest BCUT2D eigenvalue weighted by Crippen LogP contribution is 2.33. The van der Waals surface area contributed by atoms with Crippen molar-refractivity contribution in [1.82, 2.24) is 25.5 Å². The summed E-state index contributed by atoms with van der Waals surface area (Å²) in [5.41, 5.74) is 10.3. The van der Waals surface area contributed by atoms with Crippen LogP contribution in [0.1, 0.15) is 54.2 Å². The first kappa shape index (κ1) is 20.8. The number of hydrogen-bond acceptors (Lipinski definition) is 5. The van der Waals surface area contributed by atoms with Crippen molar-refractivity contribution in [1.29, 1.82) is 0 Å². The summed E-state index contributed by atoms with van der Waals surface area (Å²) in [6.07, 6.45) is 10.2. The van der Waals surface area contributed by atoms with Gasteiger partial charge in [-0.05, 0) is 61.9 Å². The van der Waals surface area contributed by atoms with Gasteiger partial charge in [-0.1, -0.05) is 12.1 Å². The molecule has 0 radical (unpaired) electrons. The normalized spacial score (nSPS) is 20.4. The van der Waals surface area contributed by atoms with E-state index in [1.54, 1.807) is 0 Å². The minimum Gasteiger partial charge on any atom is -0.352 e. The molecule has 0 saturated carbocycles. The molecule has 3 heterocycles. The Morgan fingerprint density at radius 2 is 2.03 bits per heavy atom. The van der Waals surface area contributed by atoms with Crippen molar-refractivity contribution >= 4 is 6.03 Å². The van der Waals surface area contributed by atoms with Crippen molar-refractivity contribution in [2.24, 2.45) is 5.73 Å². The molecular formula is C23H32N6O. The summed E-state index contributed by atoms with van der Waals surface area (Å²) < 4.78 is 0. The molecule has 30 heavy (non-hydrogen) atoms. The van der Waals surface area contributed by atoms with Crippen LogP contribution in [0.2, 0.25) is 0 Å². The molecule has 160 valence electrons. The van der Waals surface area contributed by atoms with Crippen LogP contribution in [0.4, 0.5) is 4.79 Å². The van der Waals surface area contributed by atoms with Crippen LogP contribution >= 0.6 is 0 Å². The zero-order valence-corrected chi connectivity index (χ0v) is 17.5. The lowest BCUT2D eigenvalue weighted by Crippen LogP contribution is -2.47. The predicted molar refractivity (Wildman–Crippen MR) is 117 cm³/mol. The zero-order valence-electron chi connectivity index (χ0n) is 17.5. The van der Waals surface area contributed by atoms with Gasteiger partial charge in [-0.15, -0.1) is 0 Å². The summed E-state index contributed by atoms with van der Waals surface area (Å²) in [6, 6.07) is 8.73. The topological polar surface area (TPSA) is 96.2 Å². The summed E-state index contributed by atoms with van der Waals surface area (Å²) in [5.74, 6) is 0. The van der Waals surface area contributed by atoms with Crippen molar-refractivity contribution in [2.75, 3.05) is 19.6 Å². The van der Waals surface area contributed by atoms with Crippen molar-refractivity contribution in [3.8, 4) is 0 Å². The quantitative estimate of drug-likeness (QED) is 0.583. The van der Waals surface area contributed by atoms with E-state index in [9.17, 15) is 4.79 Å². The van der Waals surface area contributed by atoms with Crippen LogP contribution in [-0.4, -0.2) is 46.6 Å². The zero-order chi connectivity index (χ0) is 20.8. The van der Waals surface area contributed by atoms with Gasteiger partial charge >= 0.3 is 6.03 Å². The molecule has 4 rings (SSSR count). The highest BCUT2D eigenvalue weighted by atomic mass is 16.2. The molecule has 0 saturated heterocycles. The number of unbranched alkanes of at least 4 members (excludes halogenated alkanes) is 1. The van der Waals surface area contributed by atoms with Crippen LogP contribution in [0.3, 0.4) is 0 Å². The Hall–Kier alpha value is -2.51. The summed E-state index contributed by atoms with van der Waals surface area (Å²) in [6.45, 7) is 3.46. The SMILES string of the molecule is NC(=O)NCCCCN(C[C@H]1Cc2ncccc2CN1)[C@H]1CCCc2cccnc21. The van der Waals surface area contributed by atoms with Gasteiger partial charge < -0.3 is 16.4 Å². The lowest BCUT2D eigenvalue weighted by atomic mass is 9.90. The number of aryl methyl sites for hydroxylation is 1. The first-order valence-electron chi connectivity index (χ1n) is 11.1. The minimum absolute atomic E-state index is 0.353. The maximum absolute atomic E-state index is 10.9. The van der Waals surface area contributed by atoms with Gasteiger partial charge in [0.1, 0.15) is 0 Å².